The summed E-state index contributed by atoms with van der Waals surface area (Å²) in [5.74, 6) is -0.373. The molecular weight excluding hydrogens is 356 g/mol. The van der Waals surface area contributed by atoms with Crippen LogP contribution in [0.3, 0.4) is 0 Å². The van der Waals surface area contributed by atoms with Crippen molar-refractivity contribution >= 4 is 31.2 Å². The van der Waals surface area contributed by atoms with Crippen LogP contribution < -0.4 is 0 Å². The number of aromatic nitrogens is 1. The Kier molecular flexibility index (Phi) is 5.24. The quantitative estimate of drug-likeness (QED) is 0.770. The fraction of sp³-hybridized carbons (Fsp3) is 0.357. The van der Waals surface area contributed by atoms with E-state index in [1.165, 1.54) is 37.6 Å². The minimum absolute atomic E-state index is 0.0831. The molecule has 0 unspecified atom stereocenters. The van der Waals surface area contributed by atoms with Crippen LogP contribution >= 0.6 is 11.3 Å². The zero-order valence-electron chi connectivity index (χ0n) is 13.1. The Bertz CT molecular complexity index is 900. The summed E-state index contributed by atoms with van der Waals surface area (Å²) < 4.78 is 49.9. The van der Waals surface area contributed by atoms with Gasteiger partial charge in [-0.25, -0.2) is 26.1 Å². The summed E-state index contributed by atoms with van der Waals surface area (Å²) in [6, 6.07) is 6.02. The molecule has 1 aromatic carbocycles. The molecule has 0 aliphatic carbocycles. The average molecular weight is 375 g/mol. The third-order valence-corrected chi connectivity index (χ3v) is 7.24. The third kappa shape index (κ3) is 4.60. The third-order valence-electron chi connectivity index (χ3n) is 3.10. The van der Waals surface area contributed by atoms with E-state index in [4.69, 9.17) is 0 Å². The number of thiazole rings is 1. The van der Waals surface area contributed by atoms with Crippen molar-refractivity contribution in [1.82, 2.24) is 9.29 Å². The average Bonchev–Trinajstić information content (AvgIpc) is 2.82. The molecule has 9 heteroatoms. The maximum atomic E-state index is 12.3. The Balaban J connectivity index is 2.23. The number of hydrogen-bond acceptors (Lipinski definition) is 6. The lowest BCUT2D eigenvalue weighted by Gasteiger charge is -2.12. The first-order valence-electron chi connectivity index (χ1n) is 6.73. The molecule has 1 heterocycles. The van der Waals surface area contributed by atoms with Crippen molar-refractivity contribution in [3.05, 3.63) is 45.9 Å². The molecule has 0 atom stereocenters. The lowest BCUT2D eigenvalue weighted by Crippen LogP contribution is -2.22. The smallest absolute Gasteiger partial charge is 0.242 e. The van der Waals surface area contributed by atoms with Gasteiger partial charge in [-0.3, -0.25) is 0 Å². The number of rotatable bonds is 6. The van der Waals surface area contributed by atoms with E-state index in [1.807, 2.05) is 6.92 Å². The normalized spacial score (nSPS) is 12.7. The molecule has 23 heavy (non-hydrogen) atoms. The summed E-state index contributed by atoms with van der Waals surface area (Å²) in [5, 5.41) is 2.54. The van der Waals surface area contributed by atoms with Gasteiger partial charge < -0.3 is 0 Å². The Labute approximate surface area is 140 Å². The second-order valence-corrected chi connectivity index (χ2v) is 10.6. The second kappa shape index (κ2) is 6.68. The largest absolute Gasteiger partial charge is 0.246 e. The van der Waals surface area contributed by atoms with Crippen LogP contribution in [0.5, 0.6) is 0 Å². The molecule has 0 amide bonds. The number of hydrogen-bond donors (Lipinski definition) is 0. The molecule has 0 saturated heterocycles. The van der Waals surface area contributed by atoms with Crippen molar-refractivity contribution in [3.63, 3.8) is 0 Å². The summed E-state index contributed by atoms with van der Waals surface area (Å²) in [7, 11) is -4.14. The maximum Gasteiger partial charge on any atom is 0.242 e. The number of sulfone groups is 1. The van der Waals surface area contributed by atoms with Crippen molar-refractivity contribution in [2.45, 2.75) is 23.3 Å². The Morgan fingerprint density at radius 3 is 2.39 bits per heavy atom. The summed E-state index contributed by atoms with van der Waals surface area (Å²) in [6.07, 6.45) is 0. The minimum Gasteiger partial charge on any atom is -0.246 e. The van der Waals surface area contributed by atoms with E-state index >= 15 is 0 Å². The molecule has 6 nitrogen and oxygen atoms in total. The summed E-state index contributed by atoms with van der Waals surface area (Å²) in [6.45, 7) is 1.82. The van der Waals surface area contributed by atoms with E-state index in [0.29, 0.717) is 11.3 Å². The van der Waals surface area contributed by atoms with Gasteiger partial charge in [-0.1, -0.05) is 12.1 Å². The lowest BCUT2D eigenvalue weighted by molar-refractivity contribution is 0.520. The Hall–Kier alpha value is -1.29. The number of aryl methyl sites for hydroxylation is 1. The van der Waals surface area contributed by atoms with Crippen molar-refractivity contribution in [2.75, 3.05) is 14.1 Å². The zero-order valence-corrected chi connectivity index (χ0v) is 15.5. The first kappa shape index (κ1) is 18.1. The van der Waals surface area contributed by atoms with Crippen molar-refractivity contribution in [1.29, 1.82) is 0 Å². The van der Waals surface area contributed by atoms with Gasteiger partial charge >= 0.3 is 0 Å². The molecule has 0 aliphatic rings. The van der Waals surface area contributed by atoms with Crippen molar-refractivity contribution in [2.24, 2.45) is 0 Å². The standard InChI is InChI=1S/C14H18N2O4S3/c1-11-15-13(8-21-11)10-22(17,18)9-12-5-4-6-14(7-12)23(19,20)16(2)3/h4-8H,9-10H2,1-3H3. The van der Waals surface area contributed by atoms with Gasteiger partial charge in [-0.15, -0.1) is 11.3 Å². The SMILES string of the molecule is Cc1nc(CS(=O)(=O)Cc2cccc(S(=O)(=O)N(C)C)c2)cs1. The fourth-order valence-electron chi connectivity index (χ4n) is 2.01. The fourth-order valence-corrected chi connectivity index (χ4v) is 5.09. The maximum absolute atomic E-state index is 12.3. The van der Waals surface area contributed by atoms with E-state index in [9.17, 15) is 16.8 Å². The molecule has 0 aliphatic heterocycles. The molecule has 0 fully saturated rings. The second-order valence-electron chi connectivity index (χ2n) is 5.32. The first-order chi connectivity index (χ1) is 10.6. The molecule has 0 N–H and O–H groups in total. The highest BCUT2D eigenvalue weighted by Gasteiger charge is 2.20. The molecule has 0 radical (unpaired) electrons. The molecule has 2 aromatic rings. The summed E-state index contributed by atoms with van der Waals surface area (Å²) >= 11 is 1.40. The van der Waals surface area contributed by atoms with Gasteiger partial charge in [0.25, 0.3) is 0 Å². The van der Waals surface area contributed by atoms with Crippen LogP contribution in [0.25, 0.3) is 0 Å². The van der Waals surface area contributed by atoms with Gasteiger partial charge in [-0.05, 0) is 24.6 Å². The topological polar surface area (TPSA) is 84.4 Å². The molecular formula is C14H18N2O4S3. The van der Waals surface area contributed by atoms with Gasteiger partial charge in [0.15, 0.2) is 9.84 Å². The molecule has 1 aromatic heterocycles. The predicted molar refractivity (Wildman–Crippen MR) is 90.5 cm³/mol. The number of benzene rings is 1. The van der Waals surface area contributed by atoms with E-state index in [1.54, 1.807) is 17.5 Å². The minimum atomic E-state index is -3.58. The van der Waals surface area contributed by atoms with Gasteiger partial charge in [0, 0.05) is 19.5 Å². The number of nitrogens with zero attached hydrogens (tertiary/aromatic N) is 2. The molecule has 0 spiro atoms. The first-order valence-corrected chi connectivity index (χ1v) is 10.9. The number of sulfonamides is 1. The van der Waals surface area contributed by atoms with Crippen LogP contribution in [0.4, 0.5) is 0 Å². The summed E-state index contributed by atoms with van der Waals surface area (Å²) in [4.78, 5) is 4.24. The van der Waals surface area contributed by atoms with Gasteiger partial charge in [0.2, 0.25) is 10.0 Å². The van der Waals surface area contributed by atoms with E-state index in [2.05, 4.69) is 4.98 Å². The highest BCUT2D eigenvalue weighted by molar-refractivity contribution is 7.90. The highest BCUT2D eigenvalue weighted by atomic mass is 32.2. The Morgan fingerprint density at radius 2 is 1.83 bits per heavy atom. The van der Waals surface area contributed by atoms with Crippen LogP contribution in [0.1, 0.15) is 16.3 Å². The van der Waals surface area contributed by atoms with Crippen LogP contribution in [0.15, 0.2) is 34.5 Å². The molecule has 2 rings (SSSR count). The van der Waals surface area contributed by atoms with E-state index < -0.39 is 19.9 Å². The Morgan fingerprint density at radius 1 is 1.13 bits per heavy atom. The molecule has 126 valence electrons. The van der Waals surface area contributed by atoms with Crippen LogP contribution in [0, 0.1) is 6.92 Å². The molecule has 0 bridgehead atoms. The van der Waals surface area contributed by atoms with E-state index in [-0.39, 0.29) is 16.4 Å². The van der Waals surface area contributed by atoms with E-state index in [0.717, 1.165) is 9.31 Å². The summed E-state index contributed by atoms with van der Waals surface area (Å²) in [5.41, 5.74) is 0.962. The highest BCUT2D eigenvalue weighted by Crippen LogP contribution is 2.19. The van der Waals surface area contributed by atoms with Gasteiger partial charge in [-0.2, -0.15) is 0 Å². The van der Waals surface area contributed by atoms with Gasteiger partial charge in [0.05, 0.1) is 27.1 Å². The van der Waals surface area contributed by atoms with Crippen LogP contribution in [-0.4, -0.2) is 40.2 Å². The predicted octanol–water partition coefficient (Wildman–Crippen LogP) is 1.82. The monoisotopic (exact) mass is 374 g/mol. The van der Waals surface area contributed by atoms with Crippen molar-refractivity contribution < 1.29 is 16.8 Å². The van der Waals surface area contributed by atoms with Crippen LogP contribution in [0.2, 0.25) is 0 Å². The lowest BCUT2D eigenvalue weighted by atomic mass is 10.2. The zero-order chi connectivity index (χ0) is 17.3. The van der Waals surface area contributed by atoms with Crippen LogP contribution in [-0.2, 0) is 31.4 Å². The van der Waals surface area contributed by atoms with Crippen molar-refractivity contribution in [3.8, 4) is 0 Å². The molecule has 0 saturated carbocycles. The van der Waals surface area contributed by atoms with Gasteiger partial charge in [0.1, 0.15) is 0 Å².